The maximum absolute atomic E-state index is 12.3. The van der Waals surface area contributed by atoms with Gasteiger partial charge in [0.15, 0.2) is 5.96 Å². The fourth-order valence-corrected chi connectivity index (χ4v) is 3.29. The van der Waals surface area contributed by atoms with Gasteiger partial charge < -0.3 is 30.3 Å². The second-order valence-corrected chi connectivity index (χ2v) is 8.17. The van der Waals surface area contributed by atoms with Crippen molar-refractivity contribution in [2.45, 2.75) is 32.4 Å². The Morgan fingerprint density at radius 3 is 2.62 bits per heavy atom. The Hall–Kier alpha value is -2.97. The molecule has 0 spiro atoms. The van der Waals surface area contributed by atoms with Gasteiger partial charge in [-0.1, -0.05) is 0 Å². The van der Waals surface area contributed by atoms with E-state index in [1.807, 2.05) is 20.8 Å². The van der Waals surface area contributed by atoms with E-state index in [0.29, 0.717) is 44.8 Å². The van der Waals surface area contributed by atoms with Crippen LogP contribution in [0.4, 0.5) is 4.79 Å². The molecule has 1 saturated heterocycles. The van der Waals surface area contributed by atoms with Gasteiger partial charge in [-0.25, -0.2) is 4.79 Å². The molecule has 0 aromatic heterocycles. The number of carbonyl (C=O) groups excluding carboxylic acids is 2. The van der Waals surface area contributed by atoms with Gasteiger partial charge in [0.25, 0.3) is 5.91 Å². The van der Waals surface area contributed by atoms with Crippen LogP contribution in [0.2, 0.25) is 0 Å². The molecule has 1 aromatic rings. The van der Waals surface area contributed by atoms with Crippen molar-refractivity contribution >= 4 is 18.0 Å². The average Bonchev–Trinajstić information content (AvgIpc) is 3.06. The minimum absolute atomic E-state index is 0.129. The molecular weight excluding hydrogens is 374 g/mol. The smallest absolute Gasteiger partial charge is 0.410 e. The molecule has 3 N–H and O–H groups in total. The van der Waals surface area contributed by atoms with Crippen LogP contribution in [0.5, 0.6) is 5.75 Å². The number of piperazine rings is 1. The molecule has 0 radical (unpaired) electrons. The van der Waals surface area contributed by atoms with Gasteiger partial charge in [0.05, 0.1) is 12.6 Å². The van der Waals surface area contributed by atoms with E-state index in [1.165, 1.54) is 12.1 Å². The van der Waals surface area contributed by atoms with Gasteiger partial charge in [0.1, 0.15) is 11.4 Å². The lowest BCUT2D eigenvalue weighted by Crippen LogP contribution is -2.57. The third kappa shape index (κ3) is 5.52. The predicted molar refractivity (Wildman–Crippen MR) is 109 cm³/mol. The first kappa shape index (κ1) is 20.8. The Labute approximate surface area is 170 Å². The molecule has 1 unspecified atom stereocenters. The minimum atomic E-state index is -0.502. The van der Waals surface area contributed by atoms with E-state index in [2.05, 4.69) is 20.5 Å². The summed E-state index contributed by atoms with van der Waals surface area (Å²) in [5.74, 6) is 0.741. The number of rotatable bonds is 4. The monoisotopic (exact) mass is 403 g/mol. The number of nitrogens with zero attached hydrogens (tertiary/aromatic N) is 3. The van der Waals surface area contributed by atoms with E-state index in [1.54, 1.807) is 17.0 Å². The fraction of sp³-hybridized carbons (Fsp3) is 0.550. The van der Waals surface area contributed by atoms with Crippen molar-refractivity contribution < 1.29 is 19.4 Å². The highest BCUT2D eigenvalue weighted by molar-refractivity contribution is 5.94. The largest absolute Gasteiger partial charge is 0.508 e. The highest BCUT2D eigenvalue weighted by Crippen LogP contribution is 2.18. The molecule has 29 heavy (non-hydrogen) atoms. The van der Waals surface area contributed by atoms with Crippen molar-refractivity contribution in [1.82, 2.24) is 20.4 Å². The van der Waals surface area contributed by atoms with Crippen molar-refractivity contribution in [3.05, 3.63) is 29.8 Å². The van der Waals surface area contributed by atoms with Crippen LogP contribution in [0.25, 0.3) is 0 Å². The summed E-state index contributed by atoms with van der Waals surface area (Å²) < 4.78 is 5.46. The molecule has 1 fully saturated rings. The number of phenols is 1. The Kier molecular flexibility index (Phi) is 6.14. The molecule has 158 valence electrons. The summed E-state index contributed by atoms with van der Waals surface area (Å²) in [6.45, 7) is 9.07. The molecule has 9 heteroatoms. The van der Waals surface area contributed by atoms with Crippen molar-refractivity contribution in [2.75, 3.05) is 39.3 Å². The quantitative estimate of drug-likeness (QED) is 0.648. The molecule has 0 bridgehead atoms. The van der Waals surface area contributed by atoms with Gasteiger partial charge in [-0.2, -0.15) is 0 Å². The minimum Gasteiger partial charge on any atom is -0.508 e. The average molecular weight is 403 g/mol. The van der Waals surface area contributed by atoms with Gasteiger partial charge in [0.2, 0.25) is 0 Å². The van der Waals surface area contributed by atoms with Gasteiger partial charge >= 0.3 is 6.09 Å². The Morgan fingerprint density at radius 1 is 1.21 bits per heavy atom. The standard InChI is InChI=1S/C20H29N5O4/c1-20(2,3)29-19(28)24-10-11-25-15(13-24)12-23-18(25)22-9-8-21-17(27)14-4-6-16(26)7-5-14/h4-7,15,26H,8-13H2,1-3H3,(H,21,27)(H,22,23). The maximum atomic E-state index is 12.3. The number of ether oxygens (including phenoxy) is 1. The summed E-state index contributed by atoms with van der Waals surface area (Å²) in [5.41, 5.74) is -0.00292. The van der Waals surface area contributed by atoms with E-state index in [4.69, 9.17) is 4.74 Å². The van der Waals surface area contributed by atoms with Crippen LogP contribution in [0.3, 0.4) is 0 Å². The molecule has 0 aliphatic carbocycles. The van der Waals surface area contributed by atoms with Gasteiger partial charge in [-0.3, -0.25) is 9.79 Å². The number of carbonyl (C=O) groups is 2. The van der Waals surface area contributed by atoms with Crippen molar-refractivity contribution in [1.29, 1.82) is 0 Å². The highest BCUT2D eigenvalue weighted by Gasteiger charge is 2.36. The van der Waals surface area contributed by atoms with E-state index in [0.717, 1.165) is 5.96 Å². The van der Waals surface area contributed by atoms with E-state index < -0.39 is 5.60 Å². The number of fused-ring (bicyclic) bond motifs is 1. The molecule has 1 aromatic carbocycles. The topological polar surface area (TPSA) is 106 Å². The van der Waals surface area contributed by atoms with Crippen LogP contribution in [0.1, 0.15) is 31.1 Å². The first-order valence-corrected chi connectivity index (χ1v) is 9.83. The van der Waals surface area contributed by atoms with Gasteiger partial charge in [0, 0.05) is 38.3 Å². The SMILES string of the molecule is CC(C)(C)OC(=O)N1CCN2C(NCCNC(=O)c3ccc(O)cc3)=NCC2C1. The number of phenolic OH excluding ortho intramolecular Hbond substituents is 1. The molecule has 2 heterocycles. The Balaban J connectivity index is 1.40. The first-order valence-electron chi connectivity index (χ1n) is 9.83. The molecule has 0 saturated carbocycles. The van der Waals surface area contributed by atoms with Gasteiger partial charge in [-0.05, 0) is 45.0 Å². The number of guanidine groups is 1. The van der Waals surface area contributed by atoms with E-state index in [-0.39, 0.29) is 23.8 Å². The summed E-state index contributed by atoms with van der Waals surface area (Å²) in [7, 11) is 0. The third-order valence-electron chi connectivity index (χ3n) is 4.68. The number of benzene rings is 1. The summed E-state index contributed by atoms with van der Waals surface area (Å²) in [4.78, 5) is 32.8. The zero-order chi connectivity index (χ0) is 21.0. The number of hydrogen-bond donors (Lipinski definition) is 3. The molecule has 2 aliphatic rings. The van der Waals surface area contributed by atoms with Crippen molar-refractivity contribution in [2.24, 2.45) is 4.99 Å². The zero-order valence-corrected chi connectivity index (χ0v) is 17.1. The van der Waals surface area contributed by atoms with Crippen LogP contribution in [0.15, 0.2) is 29.3 Å². The molecule has 2 amide bonds. The summed E-state index contributed by atoms with van der Waals surface area (Å²) in [6, 6.07) is 6.27. The predicted octanol–water partition coefficient (Wildman–Crippen LogP) is 1.00. The lowest BCUT2D eigenvalue weighted by molar-refractivity contribution is 0.0137. The number of aromatic hydroxyl groups is 1. The third-order valence-corrected chi connectivity index (χ3v) is 4.68. The number of nitrogens with one attached hydrogen (secondary N) is 2. The normalized spacial score (nSPS) is 18.7. The summed E-state index contributed by atoms with van der Waals surface area (Å²) in [6.07, 6.45) is -0.282. The second-order valence-electron chi connectivity index (χ2n) is 8.17. The number of aliphatic imine (C=N–C) groups is 1. The molecule has 1 atom stereocenters. The van der Waals surface area contributed by atoms with Gasteiger partial charge in [-0.15, -0.1) is 0 Å². The van der Waals surface area contributed by atoms with Crippen LogP contribution < -0.4 is 10.6 Å². The molecule has 3 rings (SSSR count). The van der Waals surface area contributed by atoms with Crippen LogP contribution in [0, 0.1) is 0 Å². The van der Waals surface area contributed by atoms with E-state index >= 15 is 0 Å². The highest BCUT2D eigenvalue weighted by atomic mass is 16.6. The molecule has 9 nitrogen and oxygen atoms in total. The molecular formula is C20H29N5O4. The molecule has 2 aliphatic heterocycles. The summed E-state index contributed by atoms with van der Waals surface area (Å²) >= 11 is 0. The maximum Gasteiger partial charge on any atom is 0.410 e. The lowest BCUT2D eigenvalue weighted by Gasteiger charge is -2.39. The van der Waals surface area contributed by atoms with Crippen molar-refractivity contribution in [3.63, 3.8) is 0 Å². The van der Waals surface area contributed by atoms with Crippen LogP contribution in [-0.4, -0.2) is 83.8 Å². The fourth-order valence-electron chi connectivity index (χ4n) is 3.29. The lowest BCUT2D eigenvalue weighted by atomic mass is 10.2. The van der Waals surface area contributed by atoms with E-state index in [9.17, 15) is 14.7 Å². The first-order chi connectivity index (χ1) is 13.7. The van der Waals surface area contributed by atoms with Crippen molar-refractivity contribution in [3.8, 4) is 5.75 Å². The summed E-state index contributed by atoms with van der Waals surface area (Å²) in [5, 5.41) is 15.4. The zero-order valence-electron chi connectivity index (χ0n) is 17.1. The van der Waals surface area contributed by atoms with Crippen LogP contribution in [-0.2, 0) is 4.74 Å². The number of hydrogen-bond acceptors (Lipinski definition) is 7. The second kappa shape index (κ2) is 8.59. The Morgan fingerprint density at radius 2 is 1.93 bits per heavy atom. The Bertz CT molecular complexity index is 772. The number of amides is 2. The van der Waals surface area contributed by atoms with Crippen LogP contribution >= 0.6 is 0 Å².